The highest BCUT2D eigenvalue weighted by Crippen LogP contribution is 2.35. The molecule has 0 saturated carbocycles. The number of likely N-dealkylation sites (tertiary alicyclic amines) is 1. The smallest absolute Gasteiger partial charge is 0.217 e. The molecular weight excluding hydrogens is 355 g/mol. The van der Waals surface area contributed by atoms with Gasteiger partial charge in [-0.25, -0.2) is 4.39 Å². The van der Waals surface area contributed by atoms with Gasteiger partial charge in [-0.3, -0.25) is 9.69 Å². The van der Waals surface area contributed by atoms with Crippen LogP contribution >= 0.6 is 0 Å². The van der Waals surface area contributed by atoms with Crippen molar-refractivity contribution < 1.29 is 13.9 Å². The second-order valence-corrected chi connectivity index (χ2v) is 7.48. The Morgan fingerprint density at radius 3 is 2.50 bits per heavy atom. The molecule has 1 N–H and O–H groups in total. The van der Waals surface area contributed by atoms with Crippen LogP contribution in [0.1, 0.15) is 44.2 Å². The molecule has 0 bridgehead atoms. The standard InChI is InChI=1S/C23H29FN2O2/c1-3-16-28-22-11-7-4-8-19(22)17-26-14-12-23(13-15-26,25-18(2)27)20-9-5-6-10-21(20)24/h4-11H,3,12-17H2,1-2H3,(H,25,27). The highest BCUT2D eigenvalue weighted by Gasteiger charge is 2.38. The average Bonchev–Trinajstić information content (AvgIpc) is 2.69. The number of ether oxygens (including phenoxy) is 1. The Morgan fingerprint density at radius 2 is 1.82 bits per heavy atom. The Balaban J connectivity index is 1.73. The SMILES string of the molecule is CCCOc1ccccc1CN1CCC(NC(C)=O)(c2ccccc2F)CC1. The molecule has 1 aliphatic rings. The number of piperidine rings is 1. The highest BCUT2D eigenvalue weighted by molar-refractivity contribution is 5.74. The number of para-hydroxylation sites is 1. The molecule has 1 aliphatic heterocycles. The van der Waals surface area contributed by atoms with Crippen molar-refractivity contribution in [2.75, 3.05) is 19.7 Å². The number of amides is 1. The van der Waals surface area contributed by atoms with Crippen LogP contribution in [0.25, 0.3) is 0 Å². The minimum atomic E-state index is -0.647. The van der Waals surface area contributed by atoms with E-state index in [1.165, 1.54) is 13.0 Å². The van der Waals surface area contributed by atoms with Crippen molar-refractivity contribution in [2.24, 2.45) is 0 Å². The molecule has 0 unspecified atom stereocenters. The molecule has 4 nitrogen and oxygen atoms in total. The molecule has 0 atom stereocenters. The Labute approximate surface area is 166 Å². The van der Waals surface area contributed by atoms with E-state index in [0.29, 0.717) is 25.0 Å². The van der Waals surface area contributed by atoms with Crippen LogP contribution in [0, 0.1) is 5.82 Å². The molecule has 0 radical (unpaired) electrons. The van der Waals surface area contributed by atoms with Gasteiger partial charge in [-0.1, -0.05) is 43.3 Å². The quantitative estimate of drug-likeness (QED) is 0.776. The van der Waals surface area contributed by atoms with Gasteiger partial charge in [0.25, 0.3) is 0 Å². The zero-order valence-corrected chi connectivity index (χ0v) is 16.7. The Kier molecular flexibility index (Phi) is 6.68. The number of rotatable bonds is 7. The van der Waals surface area contributed by atoms with Gasteiger partial charge in [-0.15, -0.1) is 0 Å². The maximum absolute atomic E-state index is 14.5. The van der Waals surface area contributed by atoms with Crippen LogP contribution in [0.5, 0.6) is 5.75 Å². The van der Waals surface area contributed by atoms with E-state index >= 15 is 0 Å². The summed E-state index contributed by atoms with van der Waals surface area (Å²) >= 11 is 0. The van der Waals surface area contributed by atoms with Gasteiger partial charge in [0, 0.05) is 37.7 Å². The first-order valence-electron chi connectivity index (χ1n) is 10.0. The molecule has 0 aliphatic carbocycles. The molecule has 1 fully saturated rings. The molecule has 2 aromatic rings. The van der Waals surface area contributed by atoms with E-state index in [1.54, 1.807) is 12.1 Å². The molecule has 1 saturated heterocycles. The summed E-state index contributed by atoms with van der Waals surface area (Å²) < 4.78 is 20.4. The molecule has 3 rings (SSSR count). The van der Waals surface area contributed by atoms with Crippen LogP contribution in [-0.4, -0.2) is 30.5 Å². The molecule has 1 amide bonds. The summed E-state index contributed by atoms with van der Waals surface area (Å²) in [5, 5.41) is 3.05. The van der Waals surface area contributed by atoms with Crippen molar-refractivity contribution in [1.29, 1.82) is 0 Å². The second kappa shape index (κ2) is 9.20. The summed E-state index contributed by atoms with van der Waals surface area (Å²) in [5.41, 5.74) is 1.09. The summed E-state index contributed by atoms with van der Waals surface area (Å²) in [7, 11) is 0. The van der Waals surface area contributed by atoms with E-state index in [9.17, 15) is 9.18 Å². The lowest BCUT2D eigenvalue weighted by molar-refractivity contribution is -0.121. The highest BCUT2D eigenvalue weighted by atomic mass is 19.1. The largest absolute Gasteiger partial charge is 0.493 e. The number of hydrogen-bond acceptors (Lipinski definition) is 3. The van der Waals surface area contributed by atoms with Gasteiger partial charge >= 0.3 is 0 Å². The number of carbonyl (C=O) groups is 1. The van der Waals surface area contributed by atoms with Crippen LogP contribution in [-0.2, 0) is 16.9 Å². The minimum Gasteiger partial charge on any atom is -0.493 e. The Hall–Kier alpha value is -2.40. The summed E-state index contributed by atoms with van der Waals surface area (Å²) in [5.74, 6) is 0.537. The summed E-state index contributed by atoms with van der Waals surface area (Å²) in [4.78, 5) is 14.2. The third-order valence-electron chi connectivity index (χ3n) is 5.34. The number of nitrogens with one attached hydrogen (secondary N) is 1. The number of benzene rings is 2. The van der Waals surface area contributed by atoms with Crippen molar-refractivity contribution in [2.45, 2.75) is 45.2 Å². The van der Waals surface area contributed by atoms with E-state index in [1.807, 2.05) is 24.3 Å². The first-order chi connectivity index (χ1) is 13.5. The molecule has 5 heteroatoms. The van der Waals surface area contributed by atoms with Crippen LogP contribution < -0.4 is 10.1 Å². The topological polar surface area (TPSA) is 41.6 Å². The zero-order valence-electron chi connectivity index (χ0n) is 16.7. The third-order valence-corrected chi connectivity index (χ3v) is 5.34. The lowest BCUT2D eigenvalue weighted by Crippen LogP contribution is -2.52. The first-order valence-corrected chi connectivity index (χ1v) is 10.0. The van der Waals surface area contributed by atoms with E-state index < -0.39 is 5.54 Å². The van der Waals surface area contributed by atoms with Crippen LogP contribution in [0.15, 0.2) is 48.5 Å². The molecule has 0 spiro atoms. The number of nitrogens with zero attached hydrogens (tertiary/aromatic N) is 1. The molecule has 1 heterocycles. The average molecular weight is 384 g/mol. The van der Waals surface area contributed by atoms with Gasteiger partial charge in [-0.05, 0) is 31.4 Å². The van der Waals surface area contributed by atoms with Gasteiger partial charge in [0.15, 0.2) is 0 Å². The second-order valence-electron chi connectivity index (χ2n) is 7.48. The van der Waals surface area contributed by atoms with Gasteiger partial charge in [0.2, 0.25) is 5.91 Å². The number of carbonyl (C=O) groups excluding carboxylic acids is 1. The van der Waals surface area contributed by atoms with E-state index in [0.717, 1.165) is 37.4 Å². The van der Waals surface area contributed by atoms with Crippen LogP contribution in [0.2, 0.25) is 0 Å². The maximum atomic E-state index is 14.5. The predicted molar refractivity (Wildman–Crippen MR) is 109 cm³/mol. The Morgan fingerprint density at radius 1 is 1.14 bits per heavy atom. The fourth-order valence-electron chi connectivity index (χ4n) is 3.97. The summed E-state index contributed by atoms with van der Waals surface area (Å²) in [6.07, 6.45) is 2.32. The lowest BCUT2D eigenvalue weighted by atomic mass is 9.80. The van der Waals surface area contributed by atoms with E-state index in [2.05, 4.69) is 23.2 Å². The first kappa shape index (κ1) is 20.3. The van der Waals surface area contributed by atoms with Gasteiger partial charge in [0.1, 0.15) is 11.6 Å². The molecule has 150 valence electrons. The normalized spacial score (nSPS) is 16.5. The molecule has 0 aromatic heterocycles. The van der Waals surface area contributed by atoms with Crippen molar-refractivity contribution in [3.8, 4) is 5.75 Å². The van der Waals surface area contributed by atoms with Crippen molar-refractivity contribution in [1.82, 2.24) is 10.2 Å². The maximum Gasteiger partial charge on any atom is 0.217 e. The third kappa shape index (κ3) is 4.71. The van der Waals surface area contributed by atoms with Crippen LogP contribution in [0.3, 0.4) is 0 Å². The Bertz CT molecular complexity index is 801. The zero-order chi connectivity index (χ0) is 20.0. The molecule has 2 aromatic carbocycles. The molecule has 28 heavy (non-hydrogen) atoms. The molecular formula is C23H29FN2O2. The number of halogens is 1. The summed E-state index contributed by atoms with van der Waals surface area (Å²) in [6.45, 7) is 6.63. The fraction of sp³-hybridized carbons (Fsp3) is 0.435. The summed E-state index contributed by atoms with van der Waals surface area (Å²) in [6, 6.07) is 14.9. The minimum absolute atomic E-state index is 0.130. The van der Waals surface area contributed by atoms with Crippen molar-refractivity contribution >= 4 is 5.91 Å². The monoisotopic (exact) mass is 384 g/mol. The van der Waals surface area contributed by atoms with Crippen molar-refractivity contribution in [3.63, 3.8) is 0 Å². The predicted octanol–water partition coefficient (Wildman–Crippen LogP) is 4.24. The van der Waals surface area contributed by atoms with Gasteiger partial charge < -0.3 is 10.1 Å². The van der Waals surface area contributed by atoms with Crippen molar-refractivity contribution in [3.05, 3.63) is 65.5 Å². The van der Waals surface area contributed by atoms with E-state index in [4.69, 9.17) is 4.74 Å². The van der Waals surface area contributed by atoms with E-state index in [-0.39, 0.29) is 11.7 Å². The fourth-order valence-corrected chi connectivity index (χ4v) is 3.97. The lowest BCUT2D eigenvalue weighted by Gasteiger charge is -2.43. The van der Waals surface area contributed by atoms with Gasteiger partial charge in [0.05, 0.1) is 12.1 Å². The van der Waals surface area contributed by atoms with Gasteiger partial charge in [-0.2, -0.15) is 0 Å². The van der Waals surface area contributed by atoms with Crippen LogP contribution in [0.4, 0.5) is 4.39 Å². The number of hydrogen-bond donors (Lipinski definition) is 1.